The van der Waals surface area contributed by atoms with Crippen LogP contribution in [0.2, 0.25) is 0 Å². The minimum Gasteiger partial charge on any atom is -0.506 e. The monoisotopic (exact) mass is 488 g/mol. The highest BCUT2D eigenvalue weighted by Gasteiger charge is 2.55. The van der Waals surface area contributed by atoms with Gasteiger partial charge >= 0.3 is 25.0 Å². The van der Waals surface area contributed by atoms with Crippen molar-refractivity contribution in [1.29, 1.82) is 0 Å². The zero-order valence-electron chi connectivity index (χ0n) is 15.1. The summed E-state index contributed by atoms with van der Waals surface area (Å²) >= 11 is 3.10. The van der Waals surface area contributed by atoms with Crippen molar-refractivity contribution in [2.75, 3.05) is 13.0 Å². The van der Waals surface area contributed by atoms with Gasteiger partial charge in [-0.15, -0.1) is 0 Å². The maximum atomic E-state index is 13.7. The van der Waals surface area contributed by atoms with Gasteiger partial charge in [-0.1, -0.05) is 15.9 Å². The van der Waals surface area contributed by atoms with E-state index in [1.165, 1.54) is 12.1 Å². The van der Waals surface area contributed by atoms with Gasteiger partial charge < -0.3 is 30.2 Å². The third-order valence-corrected chi connectivity index (χ3v) is 4.38. The van der Waals surface area contributed by atoms with Crippen LogP contribution in [0.15, 0.2) is 22.7 Å². The molecule has 1 fully saturated rings. The van der Waals surface area contributed by atoms with Gasteiger partial charge in [0.25, 0.3) is 5.91 Å². The summed E-state index contributed by atoms with van der Waals surface area (Å²) in [5, 5.41) is 22.3. The average Bonchev–Trinajstić information content (AvgIpc) is 2.93. The Morgan fingerprint density at radius 2 is 1.77 bits per heavy atom. The number of carboxylic acid groups (broad SMARTS) is 2. The Morgan fingerprint density at radius 3 is 2.37 bits per heavy atom. The van der Waals surface area contributed by atoms with Gasteiger partial charge in [0.2, 0.25) is 5.91 Å². The lowest BCUT2D eigenvalue weighted by Gasteiger charge is -2.20. The number of rotatable bonds is 9. The molecule has 0 bridgehead atoms. The van der Waals surface area contributed by atoms with Crippen molar-refractivity contribution in [3.8, 4) is 0 Å². The summed E-state index contributed by atoms with van der Waals surface area (Å²) in [7, 11) is -1.42. The van der Waals surface area contributed by atoms with Crippen LogP contribution in [0.25, 0.3) is 0 Å². The van der Waals surface area contributed by atoms with Crippen LogP contribution in [0.3, 0.4) is 0 Å². The molecule has 1 heterocycles. The molecule has 0 radical (unpaired) electrons. The molecular weight excluding hydrogens is 474 g/mol. The van der Waals surface area contributed by atoms with Crippen molar-refractivity contribution in [3.63, 3.8) is 0 Å². The summed E-state index contributed by atoms with van der Waals surface area (Å²) in [5.74, 6) is -6.48. The van der Waals surface area contributed by atoms with E-state index in [1.807, 2.05) is 0 Å². The maximum absolute atomic E-state index is 13.7. The lowest BCUT2D eigenvalue weighted by Crippen LogP contribution is -2.44. The minimum atomic E-state index is -2.21. The molecule has 0 saturated carbocycles. The first-order chi connectivity index (χ1) is 14.0. The van der Waals surface area contributed by atoms with Crippen LogP contribution in [-0.2, 0) is 28.5 Å². The van der Waals surface area contributed by atoms with Gasteiger partial charge in [-0.05, 0) is 18.2 Å². The van der Waals surface area contributed by atoms with Crippen LogP contribution in [-0.4, -0.2) is 65.6 Å². The van der Waals surface area contributed by atoms with Crippen molar-refractivity contribution in [2.24, 2.45) is 0 Å². The van der Waals surface area contributed by atoms with Crippen LogP contribution < -0.4 is 10.6 Å². The fraction of sp³-hybridized carbons (Fsp3) is 0.312. The highest BCUT2D eigenvalue weighted by atomic mass is 79.9. The first-order valence-corrected chi connectivity index (χ1v) is 9.14. The fourth-order valence-corrected chi connectivity index (χ4v) is 2.96. The van der Waals surface area contributed by atoms with Crippen LogP contribution in [0, 0.1) is 5.82 Å². The number of hydrogen-bond acceptors (Lipinski definition) is 7. The Hall–Kier alpha value is -3.00. The molecule has 1 saturated heterocycles. The van der Waals surface area contributed by atoms with E-state index in [0.717, 1.165) is 6.07 Å². The molecule has 0 aromatic heterocycles. The van der Waals surface area contributed by atoms with Gasteiger partial charge in [-0.2, -0.15) is 0 Å². The zero-order chi connectivity index (χ0) is 22.5. The van der Waals surface area contributed by atoms with Crippen LogP contribution in [0.5, 0.6) is 0 Å². The zero-order valence-corrected chi connectivity index (χ0v) is 16.7. The molecule has 0 spiro atoms. The summed E-state index contributed by atoms with van der Waals surface area (Å²) < 4.78 is 24.1. The number of carboxylic acids is 2. The van der Waals surface area contributed by atoms with Gasteiger partial charge in [-0.25, -0.2) is 4.39 Å². The molecule has 1 aliphatic rings. The molecule has 11 nitrogen and oxygen atoms in total. The summed E-state index contributed by atoms with van der Waals surface area (Å²) in [6.45, 7) is -0.541. The summed E-state index contributed by atoms with van der Waals surface area (Å²) in [6, 6.07) is 3.71. The van der Waals surface area contributed by atoms with Crippen LogP contribution in [0.4, 0.5) is 4.39 Å². The lowest BCUT2D eigenvalue weighted by atomic mass is 9.89. The molecule has 4 N–H and O–H groups in total. The molecule has 160 valence electrons. The molecule has 2 rings (SSSR count). The number of benzene rings is 1. The molecule has 14 heteroatoms. The van der Waals surface area contributed by atoms with Gasteiger partial charge in [0.15, 0.2) is 5.60 Å². The van der Waals surface area contributed by atoms with E-state index in [0.29, 0.717) is 4.47 Å². The average molecular weight is 489 g/mol. The summed E-state index contributed by atoms with van der Waals surface area (Å²) in [6.07, 6.45) is -2.29. The van der Waals surface area contributed by atoms with E-state index < -0.39 is 74.1 Å². The van der Waals surface area contributed by atoms with Gasteiger partial charge in [0.05, 0.1) is 31.4 Å². The predicted molar refractivity (Wildman–Crippen MR) is 99.6 cm³/mol. The number of carbonyl (C=O) groups is 5. The largest absolute Gasteiger partial charge is 0.548 e. The Bertz CT molecular complexity index is 881. The smallest absolute Gasteiger partial charge is 0.506 e. The standard InChI is InChI=1S/C16H15BBrFN2O9/c18-8-1-2-10(19)9(3-8)14(27)20-6-11(22)21-7-17-29-15(28)16(30-17,4-12(23)24)5-13(25)26/h1-3H,4-7H2,(H,20,27)(H,21,22)(H,23,24)(H,25,26). The number of amides is 2. The third-order valence-electron chi connectivity index (χ3n) is 3.89. The summed E-state index contributed by atoms with van der Waals surface area (Å²) in [5.41, 5.74) is -2.49. The molecule has 2 amide bonds. The topological polar surface area (TPSA) is 168 Å². The van der Waals surface area contributed by atoms with Gasteiger partial charge in [-0.3, -0.25) is 24.0 Å². The number of halogens is 2. The first kappa shape index (κ1) is 23.3. The molecule has 1 aromatic carbocycles. The Labute approximate surface area is 177 Å². The molecule has 1 aliphatic heterocycles. The Balaban J connectivity index is 1.88. The number of nitrogens with one attached hydrogen (secondary N) is 2. The Kier molecular flexibility index (Phi) is 7.51. The molecule has 0 unspecified atom stereocenters. The highest BCUT2D eigenvalue weighted by molar-refractivity contribution is 9.10. The van der Waals surface area contributed by atoms with Crippen molar-refractivity contribution in [2.45, 2.75) is 18.4 Å². The van der Waals surface area contributed by atoms with Crippen LogP contribution >= 0.6 is 15.9 Å². The second-order valence-electron chi connectivity index (χ2n) is 6.20. The number of aliphatic carboxylic acids is 2. The fourth-order valence-electron chi connectivity index (χ4n) is 2.60. The van der Waals surface area contributed by atoms with Crippen molar-refractivity contribution in [3.05, 3.63) is 34.1 Å². The van der Waals surface area contributed by atoms with Gasteiger partial charge in [0, 0.05) is 4.47 Å². The van der Waals surface area contributed by atoms with E-state index in [-0.39, 0.29) is 5.56 Å². The van der Waals surface area contributed by atoms with E-state index in [4.69, 9.17) is 19.5 Å². The lowest BCUT2D eigenvalue weighted by molar-refractivity contribution is -0.157. The number of hydrogen-bond donors (Lipinski definition) is 4. The highest BCUT2D eigenvalue weighted by Crippen LogP contribution is 2.30. The van der Waals surface area contributed by atoms with E-state index in [2.05, 4.69) is 26.6 Å². The number of carbonyl (C=O) groups excluding carboxylic acids is 3. The maximum Gasteiger partial charge on any atom is 0.548 e. The normalized spacial score (nSPS) is 14.7. The molecule has 30 heavy (non-hydrogen) atoms. The van der Waals surface area contributed by atoms with E-state index >= 15 is 0 Å². The molecule has 0 aliphatic carbocycles. The first-order valence-electron chi connectivity index (χ1n) is 8.35. The van der Waals surface area contributed by atoms with Gasteiger partial charge in [0.1, 0.15) is 5.82 Å². The van der Waals surface area contributed by atoms with Crippen molar-refractivity contribution < 1.29 is 47.9 Å². The van der Waals surface area contributed by atoms with Crippen LogP contribution in [0.1, 0.15) is 23.2 Å². The predicted octanol–water partition coefficient (Wildman–Crippen LogP) is -0.277. The minimum absolute atomic E-state index is 0.280. The molecular formula is C16H15BBrFN2O9. The van der Waals surface area contributed by atoms with E-state index in [9.17, 15) is 28.4 Å². The van der Waals surface area contributed by atoms with Crippen molar-refractivity contribution in [1.82, 2.24) is 10.6 Å². The van der Waals surface area contributed by atoms with E-state index in [1.54, 1.807) is 0 Å². The molecule has 0 atom stereocenters. The third kappa shape index (κ3) is 6.00. The second-order valence-corrected chi connectivity index (χ2v) is 7.11. The quantitative estimate of drug-likeness (QED) is 0.341. The Morgan fingerprint density at radius 1 is 1.13 bits per heavy atom. The summed E-state index contributed by atoms with van der Waals surface area (Å²) in [4.78, 5) is 57.7. The van der Waals surface area contributed by atoms with Crippen molar-refractivity contribution >= 4 is 52.8 Å². The SMILES string of the molecule is O=C(O)CC1(CC(=O)O)OB(CNC(=O)CNC(=O)c2cc(Br)ccc2F)OC1=O. The second kappa shape index (κ2) is 9.67. The molecule has 1 aromatic rings.